The molecule has 20 heavy (non-hydrogen) atoms. The van der Waals surface area contributed by atoms with Gasteiger partial charge in [-0.05, 0) is 37.1 Å². The van der Waals surface area contributed by atoms with E-state index in [1.54, 1.807) is 6.26 Å². The molecule has 0 spiro atoms. The maximum absolute atomic E-state index is 5.66. The average Bonchev–Trinajstić information content (AvgIpc) is 3.06. The van der Waals surface area contributed by atoms with Crippen LogP contribution in [0.4, 0.5) is 5.69 Å². The molecule has 0 radical (unpaired) electrons. The summed E-state index contributed by atoms with van der Waals surface area (Å²) >= 11 is 0. The third-order valence-corrected chi connectivity index (χ3v) is 3.18. The summed E-state index contributed by atoms with van der Waals surface area (Å²) < 4.78 is 10.5. The molecular formula is C15H15N3O2. The molecule has 0 saturated carbocycles. The highest BCUT2D eigenvalue weighted by Gasteiger charge is 2.12. The number of benzene rings is 1. The Morgan fingerprint density at radius 1 is 1.10 bits per heavy atom. The van der Waals surface area contributed by atoms with Crippen LogP contribution in [-0.4, -0.2) is 10.1 Å². The van der Waals surface area contributed by atoms with E-state index in [1.165, 1.54) is 5.56 Å². The van der Waals surface area contributed by atoms with Gasteiger partial charge in [-0.3, -0.25) is 0 Å². The van der Waals surface area contributed by atoms with E-state index in [0.29, 0.717) is 18.1 Å². The molecule has 3 aromatic rings. The number of aryl methyl sites for hydroxylation is 3. The number of aromatic nitrogens is 2. The monoisotopic (exact) mass is 269 g/mol. The quantitative estimate of drug-likeness (QED) is 0.736. The number of nitrogen functional groups attached to an aromatic ring is 1. The number of nitrogens with two attached hydrogens (primary N) is 1. The van der Waals surface area contributed by atoms with E-state index in [4.69, 9.17) is 14.7 Å². The lowest BCUT2D eigenvalue weighted by atomic mass is 10.1. The second-order valence-corrected chi connectivity index (χ2v) is 4.64. The molecule has 0 saturated heterocycles. The predicted octanol–water partition coefficient (Wildman–Crippen LogP) is 3.01. The maximum Gasteiger partial charge on any atom is 0.227 e. The van der Waals surface area contributed by atoms with Crippen molar-refractivity contribution < 1.29 is 8.94 Å². The normalized spacial score (nSPS) is 10.8. The summed E-state index contributed by atoms with van der Waals surface area (Å²) in [6, 6.07) is 9.64. The highest BCUT2D eigenvalue weighted by Crippen LogP contribution is 2.21. The van der Waals surface area contributed by atoms with Gasteiger partial charge in [0.2, 0.25) is 11.7 Å². The zero-order chi connectivity index (χ0) is 13.9. The lowest BCUT2D eigenvalue weighted by molar-refractivity contribution is 0.379. The average molecular weight is 269 g/mol. The van der Waals surface area contributed by atoms with Crippen molar-refractivity contribution in [3.05, 3.63) is 53.8 Å². The Morgan fingerprint density at radius 2 is 1.90 bits per heavy atom. The number of hydrogen-bond acceptors (Lipinski definition) is 5. The molecule has 2 aromatic heterocycles. The van der Waals surface area contributed by atoms with Crippen LogP contribution < -0.4 is 5.73 Å². The summed E-state index contributed by atoms with van der Waals surface area (Å²) in [5.74, 6) is 1.98. The van der Waals surface area contributed by atoms with Crippen LogP contribution in [-0.2, 0) is 12.8 Å². The van der Waals surface area contributed by atoms with Gasteiger partial charge in [-0.15, -0.1) is 0 Å². The van der Waals surface area contributed by atoms with Gasteiger partial charge in [0.15, 0.2) is 0 Å². The molecule has 5 nitrogen and oxygen atoms in total. The Hall–Kier alpha value is -2.56. The van der Waals surface area contributed by atoms with Gasteiger partial charge in [0.25, 0.3) is 0 Å². The molecule has 5 heteroatoms. The second kappa shape index (κ2) is 5.21. The van der Waals surface area contributed by atoms with Crippen LogP contribution >= 0.6 is 0 Å². The minimum atomic E-state index is 0.573. The summed E-state index contributed by atoms with van der Waals surface area (Å²) in [4.78, 5) is 4.38. The van der Waals surface area contributed by atoms with E-state index in [1.807, 2.05) is 37.3 Å². The summed E-state index contributed by atoms with van der Waals surface area (Å²) in [6.45, 7) is 1.87. The second-order valence-electron chi connectivity index (χ2n) is 4.64. The molecule has 102 valence electrons. The van der Waals surface area contributed by atoms with E-state index >= 15 is 0 Å². The summed E-state index contributed by atoms with van der Waals surface area (Å²) in [5.41, 5.74) is 8.48. The van der Waals surface area contributed by atoms with Crippen molar-refractivity contribution in [2.24, 2.45) is 0 Å². The highest BCUT2D eigenvalue weighted by atomic mass is 16.5. The lowest BCUT2D eigenvalue weighted by Gasteiger charge is -1.98. The van der Waals surface area contributed by atoms with Crippen molar-refractivity contribution >= 4 is 5.69 Å². The van der Waals surface area contributed by atoms with Crippen LogP contribution in [0.25, 0.3) is 11.4 Å². The van der Waals surface area contributed by atoms with Gasteiger partial charge in [-0.25, -0.2) is 0 Å². The van der Waals surface area contributed by atoms with Crippen LogP contribution in [0.15, 0.2) is 45.5 Å². The van der Waals surface area contributed by atoms with Gasteiger partial charge in [0, 0.05) is 12.1 Å². The Kier molecular flexibility index (Phi) is 3.25. The summed E-state index contributed by atoms with van der Waals surface area (Å²) in [7, 11) is 0. The lowest BCUT2D eigenvalue weighted by Crippen LogP contribution is -1.92. The van der Waals surface area contributed by atoms with Gasteiger partial charge in [-0.2, -0.15) is 4.98 Å². The van der Waals surface area contributed by atoms with E-state index < -0.39 is 0 Å². The minimum Gasteiger partial charge on any atom is -0.469 e. The van der Waals surface area contributed by atoms with Gasteiger partial charge in [0.1, 0.15) is 5.76 Å². The highest BCUT2D eigenvalue weighted by molar-refractivity contribution is 5.56. The molecule has 2 heterocycles. The fourth-order valence-electron chi connectivity index (χ4n) is 2.02. The minimum absolute atomic E-state index is 0.573. The van der Waals surface area contributed by atoms with Crippen LogP contribution in [0.2, 0.25) is 0 Å². The van der Waals surface area contributed by atoms with Crippen molar-refractivity contribution in [2.75, 3.05) is 5.73 Å². The molecule has 0 aliphatic carbocycles. The third kappa shape index (κ3) is 2.56. The molecule has 0 atom stereocenters. The molecule has 0 amide bonds. The topological polar surface area (TPSA) is 78.1 Å². The molecule has 2 N–H and O–H groups in total. The molecule has 0 bridgehead atoms. The van der Waals surface area contributed by atoms with Crippen LogP contribution in [0.1, 0.15) is 17.2 Å². The number of rotatable bonds is 4. The number of furan rings is 1. The first-order valence-corrected chi connectivity index (χ1v) is 6.44. The molecule has 0 aliphatic rings. The number of hydrogen-bond donors (Lipinski definition) is 1. The first kappa shape index (κ1) is 12.5. The zero-order valence-corrected chi connectivity index (χ0v) is 11.2. The maximum atomic E-state index is 5.66. The van der Waals surface area contributed by atoms with Gasteiger partial charge in [-0.1, -0.05) is 17.3 Å². The molecule has 3 rings (SSSR count). The van der Waals surface area contributed by atoms with Gasteiger partial charge < -0.3 is 14.7 Å². The van der Waals surface area contributed by atoms with Crippen molar-refractivity contribution in [2.45, 2.75) is 19.8 Å². The first-order chi connectivity index (χ1) is 9.72. The van der Waals surface area contributed by atoms with E-state index in [9.17, 15) is 0 Å². The Morgan fingerprint density at radius 3 is 2.60 bits per heavy atom. The largest absolute Gasteiger partial charge is 0.469 e. The Labute approximate surface area is 116 Å². The van der Waals surface area contributed by atoms with E-state index in [0.717, 1.165) is 23.4 Å². The van der Waals surface area contributed by atoms with Crippen LogP contribution in [0.3, 0.4) is 0 Å². The molecule has 0 unspecified atom stereocenters. The number of anilines is 1. The Bertz CT molecular complexity index is 698. The number of nitrogens with zero attached hydrogens (tertiary/aromatic N) is 2. The molecule has 0 aliphatic heterocycles. The first-order valence-electron chi connectivity index (χ1n) is 6.44. The van der Waals surface area contributed by atoms with Crippen molar-refractivity contribution in [3.63, 3.8) is 0 Å². The van der Waals surface area contributed by atoms with Crippen molar-refractivity contribution in [3.8, 4) is 11.4 Å². The van der Waals surface area contributed by atoms with E-state index in [-0.39, 0.29) is 0 Å². The molecular weight excluding hydrogens is 254 g/mol. The third-order valence-electron chi connectivity index (χ3n) is 3.18. The van der Waals surface area contributed by atoms with Crippen LogP contribution in [0.5, 0.6) is 0 Å². The predicted molar refractivity (Wildman–Crippen MR) is 75.0 cm³/mol. The summed E-state index contributed by atoms with van der Waals surface area (Å²) in [6.07, 6.45) is 3.16. The molecule has 0 fully saturated rings. The molecule has 1 aromatic carbocycles. The van der Waals surface area contributed by atoms with E-state index in [2.05, 4.69) is 10.1 Å². The van der Waals surface area contributed by atoms with Crippen LogP contribution in [0, 0.1) is 6.92 Å². The standard InChI is InChI=1S/C15H15N3O2/c1-10-13(8-9-19-10)15-17-14(20-18-15)7-4-11-2-5-12(16)6-3-11/h2-3,5-6,8-9H,4,7,16H2,1H3. The SMILES string of the molecule is Cc1occc1-c1noc(CCc2ccc(N)cc2)n1. The van der Waals surface area contributed by atoms with Crippen molar-refractivity contribution in [1.82, 2.24) is 10.1 Å². The van der Waals surface area contributed by atoms with Crippen molar-refractivity contribution in [1.29, 1.82) is 0 Å². The van der Waals surface area contributed by atoms with Gasteiger partial charge in [0.05, 0.1) is 11.8 Å². The fourth-order valence-corrected chi connectivity index (χ4v) is 2.02. The van der Waals surface area contributed by atoms with Gasteiger partial charge >= 0.3 is 0 Å². The Balaban J connectivity index is 1.69. The summed E-state index contributed by atoms with van der Waals surface area (Å²) in [5, 5.41) is 3.98. The fraction of sp³-hybridized carbons (Fsp3) is 0.200. The zero-order valence-electron chi connectivity index (χ0n) is 11.2. The smallest absolute Gasteiger partial charge is 0.227 e.